The van der Waals surface area contributed by atoms with Crippen LogP contribution in [0, 0.1) is 5.92 Å². The predicted octanol–water partition coefficient (Wildman–Crippen LogP) is 1.35. The van der Waals surface area contributed by atoms with Crippen LogP contribution in [-0.4, -0.2) is 22.6 Å². The van der Waals surface area contributed by atoms with E-state index < -0.39 is 0 Å². The van der Waals surface area contributed by atoms with E-state index in [0.717, 1.165) is 12.5 Å². The van der Waals surface area contributed by atoms with Crippen molar-refractivity contribution in [2.75, 3.05) is 6.54 Å². The summed E-state index contributed by atoms with van der Waals surface area (Å²) in [5.74, 6) is 0.860. The predicted molar refractivity (Wildman–Crippen MR) is 51.4 cm³/mol. The number of rotatable bonds is 3. The number of nitrogens with zero attached hydrogens (tertiary/aromatic N) is 1. The molecule has 0 aliphatic heterocycles. The second-order valence-corrected chi connectivity index (χ2v) is 3.95. The third-order valence-corrected chi connectivity index (χ3v) is 2.29. The molecule has 1 aliphatic rings. The Balaban J connectivity index is 2.37. The lowest BCUT2D eigenvalue weighted by atomic mass is 10.3. The van der Waals surface area contributed by atoms with Crippen molar-refractivity contribution in [3.05, 3.63) is 0 Å². The molecule has 0 aromatic rings. The van der Waals surface area contributed by atoms with Gasteiger partial charge in [0.2, 0.25) is 0 Å². The fourth-order valence-corrected chi connectivity index (χ4v) is 1.42. The quantitative estimate of drug-likeness (QED) is 0.652. The van der Waals surface area contributed by atoms with Crippen LogP contribution in [0.5, 0.6) is 0 Å². The first-order chi connectivity index (χ1) is 5.11. The van der Waals surface area contributed by atoms with Crippen LogP contribution in [0.3, 0.4) is 0 Å². The minimum absolute atomic E-state index is 0.452. The number of hydrogen-bond acceptors (Lipinski definition) is 1. The van der Waals surface area contributed by atoms with Gasteiger partial charge in [0.15, 0.2) is 5.11 Å². The Labute approximate surface area is 73.7 Å². The first kappa shape index (κ1) is 8.78. The molecule has 0 spiro atoms. The lowest BCUT2D eigenvalue weighted by Crippen LogP contribution is -2.41. The highest BCUT2D eigenvalue weighted by Gasteiger charge is 2.25. The average Bonchev–Trinajstić information content (AvgIpc) is 2.63. The van der Waals surface area contributed by atoms with E-state index in [4.69, 9.17) is 18.0 Å². The highest BCUT2D eigenvalue weighted by atomic mass is 32.1. The Kier molecular flexibility index (Phi) is 2.71. The van der Waals surface area contributed by atoms with Crippen molar-refractivity contribution in [3.8, 4) is 0 Å². The average molecular weight is 172 g/mol. The Morgan fingerprint density at radius 1 is 1.64 bits per heavy atom. The van der Waals surface area contributed by atoms with Gasteiger partial charge in [-0.3, -0.25) is 0 Å². The zero-order chi connectivity index (χ0) is 8.43. The molecular formula is C8H16N2S. The first-order valence-corrected chi connectivity index (χ1v) is 4.58. The molecule has 1 rings (SSSR count). The minimum atomic E-state index is 0.452. The summed E-state index contributed by atoms with van der Waals surface area (Å²) >= 11 is 4.94. The summed E-state index contributed by atoms with van der Waals surface area (Å²) in [6.45, 7) is 5.32. The topological polar surface area (TPSA) is 29.3 Å². The SMILES string of the molecule is CC(C)N(CC1CC1)C(N)=S. The molecule has 0 saturated heterocycles. The van der Waals surface area contributed by atoms with Gasteiger partial charge in [-0.05, 0) is 44.8 Å². The summed E-state index contributed by atoms with van der Waals surface area (Å²) in [7, 11) is 0. The van der Waals surface area contributed by atoms with E-state index >= 15 is 0 Å². The van der Waals surface area contributed by atoms with E-state index in [1.54, 1.807) is 0 Å². The second-order valence-electron chi connectivity index (χ2n) is 3.53. The van der Waals surface area contributed by atoms with Crippen LogP contribution in [-0.2, 0) is 0 Å². The molecule has 0 unspecified atom stereocenters. The van der Waals surface area contributed by atoms with Gasteiger partial charge >= 0.3 is 0 Å². The van der Waals surface area contributed by atoms with Crippen LogP contribution in [0.4, 0.5) is 0 Å². The van der Waals surface area contributed by atoms with Crippen molar-refractivity contribution in [2.45, 2.75) is 32.7 Å². The molecule has 1 fully saturated rings. The molecule has 0 aromatic carbocycles. The molecule has 2 nitrogen and oxygen atoms in total. The van der Waals surface area contributed by atoms with Crippen LogP contribution in [0.25, 0.3) is 0 Å². The molecule has 0 atom stereocenters. The summed E-state index contributed by atoms with van der Waals surface area (Å²) in [6, 6.07) is 0.452. The van der Waals surface area contributed by atoms with Gasteiger partial charge in [-0.2, -0.15) is 0 Å². The maximum absolute atomic E-state index is 5.57. The third-order valence-electron chi connectivity index (χ3n) is 2.06. The summed E-state index contributed by atoms with van der Waals surface area (Å²) in [5, 5.41) is 0.548. The van der Waals surface area contributed by atoms with E-state index in [1.165, 1.54) is 12.8 Å². The fourth-order valence-electron chi connectivity index (χ4n) is 1.13. The molecule has 0 amide bonds. The van der Waals surface area contributed by atoms with Crippen LogP contribution >= 0.6 is 12.2 Å². The number of hydrogen-bond donors (Lipinski definition) is 1. The van der Waals surface area contributed by atoms with Gasteiger partial charge in [-0.25, -0.2) is 0 Å². The van der Waals surface area contributed by atoms with Gasteiger partial charge in [-0.1, -0.05) is 0 Å². The maximum atomic E-state index is 5.57. The Bertz CT molecular complexity index is 152. The number of nitrogens with two attached hydrogens (primary N) is 1. The molecule has 0 bridgehead atoms. The summed E-state index contributed by atoms with van der Waals surface area (Å²) in [5.41, 5.74) is 5.57. The summed E-state index contributed by atoms with van der Waals surface area (Å²) < 4.78 is 0. The van der Waals surface area contributed by atoms with Crippen molar-refractivity contribution >= 4 is 17.3 Å². The molecule has 0 heterocycles. The maximum Gasteiger partial charge on any atom is 0.166 e. The molecule has 2 N–H and O–H groups in total. The summed E-state index contributed by atoms with van der Waals surface area (Å²) in [4.78, 5) is 2.10. The molecule has 1 aliphatic carbocycles. The first-order valence-electron chi connectivity index (χ1n) is 4.17. The molecule has 0 radical (unpaired) electrons. The summed E-state index contributed by atoms with van der Waals surface area (Å²) in [6.07, 6.45) is 2.71. The minimum Gasteiger partial charge on any atom is -0.376 e. The van der Waals surface area contributed by atoms with Crippen molar-refractivity contribution in [3.63, 3.8) is 0 Å². The highest BCUT2D eigenvalue weighted by Crippen LogP contribution is 2.30. The van der Waals surface area contributed by atoms with E-state index in [9.17, 15) is 0 Å². The van der Waals surface area contributed by atoms with E-state index in [1.807, 2.05) is 0 Å². The van der Waals surface area contributed by atoms with Gasteiger partial charge in [0.05, 0.1) is 0 Å². The van der Waals surface area contributed by atoms with Crippen LogP contribution in [0.1, 0.15) is 26.7 Å². The molecule has 1 saturated carbocycles. The largest absolute Gasteiger partial charge is 0.376 e. The Morgan fingerprint density at radius 3 is 2.45 bits per heavy atom. The fraction of sp³-hybridized carbons (Fsp3) is 0.875. The van der Waals surface area contributed by atoms with E-state index in [-0.39, 0.29) is 0 Å². The van der Waals surface area contributed by atoms with Crippen molar-refractivity contribution in [1.29, 1.82) is 0 Å². The molecule has 0 aromatic heterocycles. The van der Waals surface area contributed by atoms with Crippen LogP contribution < -0.4 is 5.73 Å². The van der Waals surface area contributed by atoms with Crippen molar-refractivity contribution < 1.29 is 0 Å². The smallest absolute Gasteiger partial charge is 0.166 e. The Morgan fingerprint density at radius 2 is 2.18 bits per heavy atom. The zero-order valence-electron chi connectivity index (χ0n) is 7.21. The molecule has 11 heavy (non-hydrogen) atoms. The van der Waals surface area contributed by atoms with Gasteiger partial charge in [0.25, 0.3) is 0 Å². The van der Waals surface area contributed by atoms with Crippen LogP contribution in [0.2, 0.25) is 0 Å². The standard InChI is InChI=1S/C8H16N2S/c1-6(2)10(8(9)11)5-7-3-4-7/h6-7H,3-5H2,1-2H3,(H2,9,11). The normalized spacial score (nSPS) is 17.0. The lowest BCUT2D eigenvalue weighted by Gasteiger charge is -2.26. The monoisotopic (exact) mass is 172 g/mol. The van der Waals surface area contributed by atoms with Gasteiger partial charge in [0.1, 0.15) is 0 Å². The highest BCUT2D eigenvalue weighted by molar-refractivity contribution is 7.80. The van der Waals surface area contributed by atoms with Crippen LogP contribution in [0.15, 0.2) is 0 Å². The Hall–Kier alpha value is -0.310. The molecule has 64 valence electrons. The number of thiocarbonyl (C=S) groups is 1. The molecule has 3 heteroatoms. The third kappa shape index (κ3) is 2.66. The van der Waals surface area contributed by atoms with Gasteiger partial charge in [0, 0.05) is 12.6 Å². The van der Waals surface area contributed by atoms with Gasteiger partial charge < -0.3 is 10.6 Å². The molecular weight excluding hydrogens is 156 g/mol. The lowest BCUT2D eigenvalue weighted by molar-refractivity contribution is 0.338. The van der Waals surface area contributed by atoms with Crippen molar-refractivity contribution in [1.82, 2.24) is 4.90 Å². The van der Waals surface area contributed by atoms with Gasteiger partial charge in [-0.15, -0.1) is 0 Å². The van der Waals surface area contributed by atoms with E-state index in [0.29, 0.717) is 11.2 Å². The van der Waals surface area contributed by atoms with Crippen molar-refractivity contribution in [2.24, 2.45) is 11.7 Å². The zero-order valence-corrected chi connectivity index (χ0v) is 8.03. The van der Waals surface area contributed by atoms with E-state index in [2.05, 4.69) is 18.7 Å². The second kappa shape index (κ2) is 3.39.